The van der Waals surface area contributed by atoms with Gasteiger partial charge in [-0.2, -0.15) is 0 Å². The van der Waals surface area contributed by atoms with E-state index < -0.39 is 0 Å². The first-order valence-electron chi connectivity index (χ1n) is 8.19. The second-order valence-electron chi connectivity index (χ2n) is 4.15. The molecule has 0 aliphatic carbocycles. The van der Waals surface area contributed by atoms with Crippen molar-refractivity contribution in [3.8, 4) is 11.8 Å². The van der Waals surface area contributed by atoms with Crippen LogP contribution >= 0.6 is 0 Å². The Hall–Kier alpha value is -2.00. The summed E-state index contributed by atoms with van der Waals surface area (Å²) in [5, 5.41) is 0. The summed E-state index contributed by atoms with van der Waals surface area (Å²) in [5.41, 5.74) is 4.07. The maximum Gasteiger partial charge on any atom is -0.00258 e. The van der Waals surface area contributed by atoms with Crippen LogP contribution in [0.25, 0.3) is 0 Å². The molecule has 0 aromatic heterocycles. The van der Waals surface area contributed by atoms with Crippen LogP contribution < -0.4 is 0 Å². The number of hydrogen-bond donors (Lipinski definition) is 0. The van der Waals surface area contributed by atoms with E-state index in [0.717, 1.165) is 6.42 Å². The molecule has 0 fully saturated rings. The van der Waals surface area contributed by atoms with Gasteiger partial charge in [0.15, 0.2) is 0 Å². The molecule has 128 valence electrons. The van der Waals surface area contributed by atoms with E-state index in [2.05, 4.69) is 73.4 Å². The fraction of sp³-hybridized carbons (Fsp3) is 0.391. The molecule has 0 spiro atoms. The zero-order chi connectivity index (χ0) is 17.2. The van der Waals surface area contributed by atoms with Crippen molar-refractivity contribution in [2.24, 2.45) is 0 Å². The highest BCUT2D eigenvalue weighted by atomic mass is 14.0. The minimum absolute atomic E-state index is 0. The standard InChI is InChI=1S/C14H14.C4H6.2C2H6.CH4/c1-12-7-9-14(10-8-12)11-13-5-3-2-4-6-13;1-3-4-2;2*1-2;/h2-10H,11H2,1H3;1-2H3;2*1-2H3;1H4. The van der Waals surface area contributed by atoms with E-state index in [-0.39, 0.29) is 7.43 Å². The molecule has 0 unspecified atom stereocenters. The predicted octanol–water partition coefficient (Wildman–Crippen LogP) is 7.30. The zero-order valence-electron chi connectivity index (χ0n) is 15.4. The van der Waals surface area contributed by atoms with Gasteiger partial charge in [-0.05, 0) is 38.3 Å². The van der Waals surface area contributed by atoms with Crippen LogP contribution in [0.3, 0.4) is 0 Å². The van der Waals surface area contributed by atoms with Crippen molar-refractivity contribution in [2.45, 2.75) is 62.3 Å². The normalized spacial score (nSPS) is 7.26. The van der Waals surface area contributed by atoms with Crippen molar-refractivity contribution in [1.29, 1.82) is 0 Å². The van der Waals surface area contributed by atoms with Crippen molar-refractivity contribution >= 4 is 0 Å². The molecule has 0 nitrogen and oxygen atoms in total. The highest BCUT2D eigenvalue weighted by Crippen LogP contribution is 2.09. The van der Waals surface area contributed by atoms with Gasteiger partial charge < -0.3 is 0 Å². The minimum Gasteiger partial charge on any atom is -0.107 e. The van der Waals surface area contributed by atoms with Crippen molar-refractivity contribution in [2.75, 3.05) is 0 Å². The van der Waals surface area contributed by atoms with Crippen LogP contribution in [-0.4, -0.2) is 0 Å². The van der Waals surface area contributed by atoms with Gasteiger partial charge in [0.25, 0.3) is 0 Å². The lowest BCUT2D eigenvalue weighted by atomic mass is 10.0. The first-order valence-corrected chi connectivity index (χ1v) is 8.19. The molecule has 0 atom stereocenters. The highest BCUT2D eigenvalue weighted by Gasteiger charge is 1.94. The Bertz CT molecular complexity index is 489. The lowest BCUT2D eigenvalue weighted by Crippen LogP contribution is -1.86. The second kappa shape index (κ2) is 20.0. The van der Waals surface area contributed by atoms with E-state index in [4.69, 9.17) is 0 Å². The summed E-state index contributed by atoms with van der Waals surface area (Å²) < 4.78 is 0. The molecule has 2 rings (SSSR count). The smallest absolute Gasteiger partial charge is 0.00258 e. The Balaban J connectivity index is -0.000000384. The van der Waals surface area contributed by atoms with Crippen molar-refractivity contribution in [1.82, 2.24) is 0 Å². The highest BCUT2D eigenvalue weighted by molar-refractivity contribution is 5.27. The quantitative estimate of drug-likeness (QED) is 0.510. The van der Waals surface area contributed by atoms with Gasteiger partial charge in [-0.25, -0.2) is 0 Å². The fourth-order valence-corrected chi connectivity index (χ4v) is 1.54. The SMILES string of the molecule is C.CC.CC.CC#CC.Cc1ccc(Cc2ccccc2)cc1. The maximum absolute atomic E-state index is 2.68. The van der Waals surface area contributed by atoms with Crippen LogP contribution in [-0.2, 0) is 6.42 Å². The van der Waals surface area contributed by atoms with Crippen LogP contribution in [0.5, 0.6) is 0 Å². The third-order valence-corrected chi connectivity index (χ3v) is 2.62. The average Bonchev–Trinajstić information content (AvgIpc) is 2.62. The molecule has 0 saturated carbocycles. The molecule has 2 aromatic carbocycles. The number of hydrogen-bond acceptors (Lipinski definition) is 0. The molecule has 0 heteroatoms. The molecule has 0 heterocycles. The lowest BCUT2D eigenvalue weighted by Gasteiger charge is -2.01. The lowest BCUT2D eigenvalue weighted by molar-refractivity contribution is 1.19. The largest absolute Gasteiger partial charge is 0.107 e. The van der Waals surface area contributed by atoms with E-state index in [1.54, 1.807) is 0 Å². The summed E-state index contributed by atoms with van der Waals surface area (Å²) in [7, 11) is 0. The van der Waals surface area contributed by atoms with Crippen LogP contribution in [0.2, 0.25) is 0 Å². The summed E-state index contributed by atoms with van der Waals surface area (Å²) in [6.45, 7) is 13.8. The number of benzene rings is 2. The molecule has 0 aliphatic rings. The third-order valence-electron chi connectivity index (χ3n) is 2.62. The Kier molecular flexibility index (Phi) is 22.5. The molecule has 2 aromatic rings. The van der Waals surface area contributed by atoms with Crippen molar-refractivity contribution in [3.05, 3.63) is 71.3 Å². The molecule has 23 heavy (non-hydrogen) atoms. The van der Waals surface area contributed by atoms with E-state index in [9.17, 15) is 0 Å². The van der Waals surface area contributed by atoms with Gasteiger partial charge in [0.05, 0.1) is 0 Å². The van der Waals surface area contributed by atoms with Crippen LogP contribution in [0.4, 0.5) is 0 Å². The zero-order valence-corrected chi connectivity index (χ0v) is 15.4. The van der Waals surface area contributed by atoms with Gasteiger partial charge in [-0.15, -0.1) is 11.8 Å². The number of rotatable bonds is 2. The molecule has 0 radical (unpaired) electrons. The van der Waals surface area contributed by atoms with E-state index in [0.29, 0.717) is 0 Å². The molecule has 0 amide bonds. The Labute approximate surface area is 146 Å². The van der Waals surface area contributed by atoms with Gasteiger partial charge in [0.2, 0.25) is 0 Å². The van der Waals surface area contributed by atoms with Gasteiger partial charge in [0.1, 0.15) is 0 Å². The van der Waals surface area contributed by atoms with Gasteiger partial charge in [0, 0.05) is 0 Å². The topological polar surface area (TPSA) is 0 Å². The summed E-state index contributed by atoms with van der Waals surface area (Å²) >= 11 is 0. The van der Waals surface area contributed by atoms with Gasteiger partial charge in [-0.1, -0.05) is 95.3 Å². The molecule has 0 N–H and O–H groups in total. The summed E-state index contributed by atoms with van der Waals surface area (Å²) in [6, 6.07) is 19.3. The Morgan fingerprint density at radius 2 is 1.04 bits per heavy atom. The third kappa shape index (κ3) is 14.7. The van der Waals surface area contributed by atoms with Crippen LogP contribution in [0.15, 0.2) is 54.6 Å². The monoisotopic (exact) mass is 312 g/mol. The molecule has 0 aliphatic heterocycles. The fourth-order valence-electron chi connectivity index (χ4n) is 1.54. The molecule has 0 saturated heterocycles. The van der Waals surface area contributed by atoms with Gasteiger partial charge >= 0.3 is 0 Å². The van der Waals surface area contributed by atoms with E-state index >= 15 is 0 Å². The Morgan fingerprint density at radius 3 is 1.43 bits per heavy atom. The minimum atomic E-state index is 0. The predicted molar refractivity (Wildman–Crippen MR) is 109 cm³/mol. The first-order chi connectivity index (χ1) is 10.8. The van der Waals surface area contributed by atoms with Crippen LogP contribution in [0, 0.1) is 18.8 Å². The van der Waals surface area contributed by atoms with Crippen molar-refractivity contribution in [3.63, 3.8) is 0 Å². The second-order valence-corrected chi connectivity index (χ2v) is 4.15. The van der Waals surface area contributed by atoms with Crippen molar-refractivity contribution < 1.29 is 0 Å². The first kappa shape index (κ1) is 25.9. The van der Waals surface area contributed by atoms with Crippen LogP contribution in [0.1, 0.15) is 65.7 Å². The molecular weight excluding hydrogens is 276 g/mol. The maximum atomic E-state index is 2.68. The average molecular weight is 313 g/mol. The molecular formula is C23H36. The molecule has 0 bridgehead atoms. The number of aryl methyl sites for hydroxylation is 1. The summed E-state index contributed by atoms with van der Waals surface area (Å²) in [5.74, 6) is 5.36. The Morgan fingerprint density at radius 1 is 0.652 bits per heavy atom. The van der Waals surface area contributed by atoms with Gasteiger partial charge in [-0.3, -0.25) is 0 Å². The summed E-state index contributed by atoms with van der Waals surface area (Å²) in [6.07, 6.45) is 1.03. The van der Waals surface area contributed by atoms with E-state index in [1.807, 2.05) is 41.5 Å². The van der Waals surface area contributed by atoms with E-state index in [1.165, 1.54) is 16.7 Å². The summed E-state index contributed by atoms with van der Waals surface area (Å²) in [4.78, 5) is 0.